The standard InChI is InChI=1S/C16H23N5/c1-13-18-14(2)21(19-13)12-16-7-5-10-20(16)11-8-15-6-3-4-9-17-15/h3-4,6,9,16H,5,7-8,10-12H2,1-2H3. The summed E-state index contributed by atoms with van der Waals surface area (Å²) >= 11 is 0. The molecule has 1 fully saturated rings. The number of rotatable bonds is 5. The molecule has 1 aliphatic rings. The van der Waals surface area contributed by atoms with Crippen LogP contribution in [0.1, 0.15) is 30.2 Å². The van der Waals surface area contributed by atoms with Gasteiger partial charge in [-0.05, 0) is 45.4 Å². The van der Waals surface area contributed by atoms with Crippen molar-refractivity contribution in [2.75, 3.05) is 13.1 Å². The quantitative estimate of drug-likeness (QED) is 0.843. The molecule has 1 aliphatic heterocycles. The molecule has 1 atom stereocenters. The molecule has 5 heteroatoms. The van der Waals surface area contributed by atoms with Gasteiger partial charge in [-0.1, -0.05) is 6.07 Å². The van der Waals surface area contributed by atoms with E-state index in [0.29, 0.717) is 6.04 Å². The molecule has 0 amide bonds. The van der Waals surface area contributed by atoms with E-state index < -0.39 is 0 Å². The predicted octanol–water partition coefficient (Wildman–Crippen LogP) is 2.00. The first-order valence-electron chi connectivity index (χ1n) is 7.74. The van der Waals surface area contributed by atoms with E-state index in [4.69, 9.17) is 0 Å². The van der Waals surface area contributed by atoms with E-state index in [1.165, 1.54) is 25.1 Å². The maximum Gasteiger partial charge on any atom is 0.147 e. The number of hydrogen-bond donors (Lipinski definition) is 0. The summed E-state index contributed by atoms with van der Waals surface area (Å²) in [5.41, 5.74) is 1.18. The van der Waals surface area contributed by atoms with Gasteiger partial charge in [0.2, 0.25) is 0 Å². The van der Waals surface area contributed by atoms with Gasteiger partial charge in [-0.2, -0.15) is 5.10 Å². The topological polar surface area (TPSA) is 46.8 Å². The van der Waals surface area contributed by atoms with Crippen molar-refractivity contribution in [1.29, 1.82) is 0 Å². The van der Waals surface area contributed by atoms with Gasteiger partial charge in [-0.3, -0.25) is 9.88 Å². The first-order chi connectivity index (χ1) is 10.2. The van der Waals surface area contributed by atoms with Crippen LogP contribution in [0.3, 0.4) is 0 Å². The summed E-state index contributed by atoms with van der Waals surface area (Å²) in [6, 6.07) is 6.72. The Kier molecular flexibility index (Phi) is 4.29. The van der Waals surface area contributed by atoms with Crippen LogP contribution in [0.15, 0.2) is 24.4 Å². The molecule has 1 saturated heterocycles. The summed E-state index contributed by atoms with van der Waals surface area (Å²) in [7, 11) is 0. The molecule has 0 bridgehead atoms. The summed E-state index contributed by atoms with van der Waals surface area (Å²) in [5.74, 6) is 1.88. The van der Waals surface area contributed by atoms with Crippen molar-refractivity contribution in [3.8, 4) is 0 Å². The lowest BCUT2D eigenvalue weighted by Gasteiger charge is -2.24. The molecule has 0 radical (unpaired) electrons. The van der Waals surface area contributed by atoms with Crippen molar-refractivity contribution < 1.29 is 0 Å². The average Bonchev–Trinajstić information content (AvgIpc) is 3.05. The fraction of sp³-hybridized carbons (Fsp3) is 0.562. The summed E-state index contributed by atoms with van der Waals surface area (Å²) in [5, 5.41) is 4.49. The monoisotopic (exact) mass is 285 g/mol. The van der Waals surface area contributed by atoms with Crippen LogP contribution < -0.4 is 0 Å². The highest BCUT2D eigenvalue weighted by Crippen LogP contribution is 2.19. The molecule has 3 heterocycles. The molecule has 3 rings (SSSR count). The van der Waals surface area contributed by atoms with Crippen molar-refractivity contribution in [2.24, 2.45) is 0 Å². The summed E-state index contributed by atoms with van der Waals surface area (Å²) in [4.78, 5) is 11.4. The number of likely N-dealkylation sites (tertiary alicyclic amines) is 1. The van der Waals surface area contributed by atoms with Crippen LogP contribution in [0.25, 0.3) is 0 Å². The molecule has 1 unspecified atom stereocenters. The van der Waals surface area contributed by atoms with Crippen LogP contribution in [0.5, 0.6) is 0 Å². The molecule has 0 aromatic carbocycles. The lowest BCUT2D eigenvalue weighted by Crippen LogP contribution is -2.35. The minimum absolute atomic E-state index is 0.577. The van der Waals surface area contributed by atoms with Crippen LogP contribution in [0.2, 0.25) is 0 Å². The van der Waals surface area contributed by atoms with Gasteiger partial charge in [0.15, 0.2) is 0 Å². The summed E-state index contributed by atoms with van der Waals surface area (Å²) in [6.45, 7) is 7.21. The van der Waals surface area contributed by atoms with E-state index in [0.717, 1.165) is 31.2 Å². The van der Waals surface area contributed by atoms with E-state index in [2.05, 4.69) is 36.8 Å². The SMILES string of the molecule is Cc1nc(C)n(CC2CCCN2CCc2ccccn2)n1. The largest absolute Gasteiger partial charge is 0.298 e. The second kappa shape index (κ2) is 6.35. The van der Waals surface area contributed by atoms with E-state index in [9.17, 15) is 0 Å². The van der Waals surface area contributed by atoms with Gasteiger partial charge in [0.05, 0.1) is 6.54 Å². The van der Waals surface area contributed by atoms with Crippen molar-refractivity contribution in [3.63, 3.8) is 0 Å². The van der Waals surface area contributed by atoms with Crippen molar-refractivity contribution in [3.05, 3.63) is 41.7 Å². The molecule has 21 heavy (non-hydrogen) atoms. The third kappa shape index (κ3) is 3.47. The Hall–Kier alpha value is -1.75. The molecule has 112 valence electrons. The fourth-order valence-corrected chi connectivity index (χ4v) is 3.13. The lowest BCUT2D eigenvalue weighted by molar-refractivity contribution is 0.227. The Labute approximate surface area is 126 Å². The van der Waals surface area contributed by atoms with E-state index in [1.54, 1.807) is 0 Å². The fourth-order valence-electron chi connectivity index (χ4n) is 3.13. The first kappa shape index (κ1) is 14.2. The molecule has 0 spiro atoms. The van der Waals surface area contributed by atoms with Gasteiger partial charge < -0.3 is 0 Å². The lowest BCUT2D eigenvalue weighted by atomic mass is 10.2. The van der Waals surface area contributed by atoms with Gasteiger partial charge in [0.1, 0.15) is 11.6 Å². The van der Waals surface area contributed by atoms with Crippen molar-refractivity contribution >= 4 is 0 Å². The Bertz CT molecular complexity index is 578. The summed E-state index contributed by atoms with van der Waals surface area (Å²) in [6.07, 6.45) is 5.42. The molecule has 2 aromatic rings. The number of aromatic nitrogens is 4. The minimum Gasteiger partial charge on any atom is -0.298 e. The van der Waals surface area contributed by atoms with Crippen LogP contribution in [-0.2, 0) is 13.0 Å². The van der Waals surface area contributed by atoms with E-state index in [1.807, 2.05) is 26.1 Å². The normalized spacial score (nSPS) is 19.2. The highest BCUT2D eigenvalue weighted by Gasteiger charge is 2.25. The third-order valence-corrected chi connectivity index (χ3v) is 4.23. The second-order valence-electron chi connectivity index (χ2n) is 5.79. The Morgan fingerprint density at radius 1 is 1.29 bits per heavy atom. The van der Waals surface area contributed by atoms with Crippen LogP contribution >= 0.6 is 0 Å². The van der Waals surface area contributed by atoms with Crippen LogP contribution in [0, 0.1) is 13.8 Å². The Balaban J connectivity index is 1.59. The molecule has 0 aliphatic carbocycles. The van der Waals surface area contributed by atoms with Gasteiger partial charge >= 0.3 is 0 Å². The smallest absolute Gasteiger partial charge is 0.147 e. The zero-order valence-corrected chi connectivity index (χ0v) is 12.9. The number of aryl methyl sites for hydroxylation is 2. The van der Waals surface area contributed by atoms with E-state index in [-0.39, 0.29) is 0 Å². The first-order valence-corrected chi connectivity index (χ1v) is 7.74. The summed E-state index contributed by atoms with van der Waals surface area (Å²) < 4.78 is 2.05. The average molecular weight is 285 g/mol. The van der Waals surface area contributed by atoms with Crippen molar-refractivity contribution in [1.82, 2.24) is 24.6 Å². The van der Waals surface area contributed by atoms with Crippen LogP contribution in [0.4, 0.5) is 0 Å². The number of nitrogens with zero attached hydrogens (tertiary/aromatic N) is 5. The van der Waals surface area contributed by atoms with Crippen LogP contribution in [-0.4, -0.2) is 43.8 Å². The van der Waals surface area contributed by atoms with Gasteiger partial charge in [0, 0.05) is 30.9 Å². The Morgan fingerprint density at radius 2 is 2.19 bits per heavy atom. The minimum atomic E-state index is 0.577. The molecule has 5 nitrogen and oxygen atoms in total. The molecular formula is C16H23N5. The molecule has 2 aromatic heterocycles. The molecular weight excluding hydrogens is 262 g/mol. The second-order valence-corrected chi connectivity index (χ2v) is 5.79. The molecule has 0 N–H and O–H groups in total. The number of pyridine rings is 1. The van der Waals surface area contributed by atoms with E-state index >= 15 is 0 Å². The number of hydrogen-bond acceptors (Lipinski definition) is 4. The van der Waals surface area contributed by atoms with Gasteiger partial charge in [0.25, 0.3) is 0 Å². The predicted molar refractivity (Wildman–Crippen MR) is 82.0 cm³/mol. The molecule has 0 saturated carbocycles. The third-order valence-electron chi connectivity index (χ3n) is 4.23. The highest BCUT2D eigenvalue weighted by molar-refractivity contribution is 5.04. The Morgan fingerprint density at radius 3 is 2.90 bits per heavy atom. The zero-order chi connectivity index (χ0) is 14.7. The highest BCUT2D eigenvalue weighted by atomic mass is 15.4. The maximum absolute atomic E-state index is 4.49. The zero-order valence-electron chi connectivity index (χ0n) is 12.9. The van der Waals surface area contributed by atoms with Gasteiger partial charge in [-0.15, -0.1) is 0 Å². The van der Waals surface area contributed by atoms with Crippen molar-refractivity contribution in [2.45, 2.75) is 45.7 Å². The van der Waals surface area contributed by atoms with Gasteiger partial charge in [-0.25, -0.2) is 9.67 Å². The maximum atomic E-state index is 4.49.